The van der Waals surface area contributed by atoms with Gasteiger partial charge in [-0.3, -0.25) is 20.2 Å². The summed E-state index contributed by atoms with van der Waals surface area (Å²) in [6.45, 7) is 5.84. The molecule has 1 aliphatic rings. The number of pyridine rings is 1. The van der Waals surface area contributed by atoms with Crippen LogP contribution in [-0.2, 0) is 0 Å². The van der Waals surface area contributed by atoms with Gasteiger partial charge in [-0.1, -0.05) is 6.92 Å². The molecule has 0 spiro atoms. The molecule has 0 amide bonds. The Kier molecular flexibility index (Phi) is 4.08. The minimum absolute atomic E-state index is 0.205. The molecule has 0 aromatic carbocycles. The summed E-state index contributed by atoms with van der Waals surface area (Å²) in [5.41, 5.74) is -0.684. The fourth-order valence-corrected chi connectivity index (χ4v) is 2.19. The highest BCUT2D eigenvalue weighted by molar-refractivity contribution is 5.61. The molecule has 0 saturated carbocycles. The van der Waals surface area contributed by atoms with Gasteiger partial charge in [-0.25, -0.2) is 4.98 Å². The van der Waals surface area contributed by atoms with Crippen LogP contribution < -0.4 is 4.90 Å². The summed E-state index contributed by atoms with van der Waals surface area (Å²) in [6.07, 6.45) is 1.06. The third-order valence-electron chi connectivity index (χ3n) is 3.36. The van der Waals surface area contributed by atoms with E-state index in [2.05, 4.69) is 16.8 Å². The molecule has 9 heteroatoms. The summed E-state index contributed by atoms with van der Waals surface area (Å²) in [4.78, 5) is 28.4. The van der Waals surface area contributed by atoms with Gasteiger partial charge in [0.15, 0.2) is 0 Å². The largest absolute Gasteiger partial charge is 0.348 e. The lowest BCUT2D eigenvalue weighted by atomic mass is 10.2. The van der Waals surface area contributed by atoms with Crippen molar-refractivity contribution in [2.75, 3.05) is 37.6 Å². The zero-order chi connectivity index (χ0) is 14.7. The second-order valence-electron chi connectivity index (χ2n) is 4.47. The summed E-state index contributed by atoms with van der Waals surface area (Å²) in [5, 5.41) is 21.7. The van der Waals surface area contributed by atoms with Crippen LogP contribution in [0.1, 0.15) is 6.92 Å². The summed E-state index contributed by atoms with van der Waals surface area (Å²) in [7, 11) is 0. The zero-order valence-electron chi connectivity index (χ0n) is 11.1. The molecule has 1 saturated heterocycles. The molecule has 0 aliphatic carbocycles. The van der Waals surface area contributed by atoms with Gasteiger partial charge in [0, 0.05) is 26.2 Å². The maximum absolute atomic E-state index is 11.1. The van der Waals surface area contributed by atoms with Crippen molar-refractivity contribution in [3.8, 4) is 0 Å². The average molecular weight is 281 g/mol. The molecule has 0 bridgehead atoms. The Morgan fingerprint density at radius 3 is 2.35 bits per heavy atom. The smallest absolute Gasteiger partial charge is 0.318 e. The van der Waals surface area contributed by atoms with E-state index in [-0.39, 0.29) is 17.2 Å². The van der Waals surface area contributed by atoms with Crippen molar-refractivity contribution in [2.45, 2.75) is 6.92 Å². The highest BCUT2D eigenvalue weighted by Crippen LogP contribution is 2.29. The molecule has 1 aromatic heterocycles. The van der Waals surface area contributed by atoms with Crippen LogP contribution in [0.2, 0.25) is 0 Å². The predicted molar refractivity (Wildman–Crippen MR) is 71.9 cm³/mol. The number of nitrogens with zero attached hydrogens (tertiary/aromatic N) is 5. The van der Waals surface area contributed by atoms with Crippen molar-refractivity contribution in [3.63, 3.8) is 0 Å². The predicted octanol–water partition coefficient (Wildman–Crippen LogP) is 1.04. The van der Waals surface area contributed by atoms with Gasteiger partial charge >= 0.3 is 5.69 Å². The van der Waals surface area contributed by atoms with Gasteiger partial charge < -0.3 is 9.80 Å². The Hall–Kier alpha value is -2.29. The summed E-state index contributed by atoms with van der Waals surface area (Å²) >= 11 is 0. The highest BCUT2D eigenvalue weighted by atomic mass is 16.6. The van der Waals surface area contributed by atoms with E-state index in [0.29, 0.717) is 13.1 Å². The SMILES string of the molecule is CCN1CCN(c2ncc([N+](=O)[O-])cc2[N+](=O)[O-])CC1. The van der Waals surface area contributed by atoms with Crippen LogP contribution in [0.3, 0.4) is 0 Å². The fraction of sp³-hybridized carbons (Fsp3) is 0.545. The number of hydrogen-bond acceptors (Lipinski definition) is 7. The standard InChI is InChI=1S/C11H15N5O4/c1-2-13-3-5-14(6-4-13)11-10(16(19)20)7-9(8-12-11)15(17)18/h7-8H,2-6H2,1H3. The molecule has 1 fully saturated rings. The van der Waals surface area contributed by atoms with Crippen molar-refractivity contribution in [1.29, 1.82) is 0 Å². The first-order chi connectivity index (χ1) is 9.52. The van der Waals surface area contributed by atoms with Gasteiger partial charge in [0.1, 0.15) is 6.20 Å². The number of hydrogen-bond donors (Lipinski definition) is 0. The first-order valence-electron chi connectivity index (χ1n) is 6.29. The molecule has 0 unspecified atom stereocenters. The van der Waals surface area contributed by atoms with Crippen LogP contribution in [0.15, 0.2) is 12.3 Å². The Morgan fingerprint density at radius 1 is 1.20 bits per heavy atom. The molecule has 1 aliphatic heterocycles. The highest BCUT2D eigenvalue weighted by Gasteiger charge is 2.27. The van der Waals surface area contributed by atoms with E-state index in [1.165, 1.54) is 0 Å². The van der Waals surface area contributed by atoms with Crippen LogP contribution in [-0.4, -0.2) is 52.5 Å². The molecule has 2 heterocycles. The topological polar surface area (TPSA) is 106 Å². The van der Waals surface area contributed by atoms with Gasteiger partial charge in [0.05, 0.1) is 15.9 Å². The normalized spacial score (nSPS) is 16.1. The minimum atomic E-state index is -0.682. The second kappa shape index (κ2) is 5.78. The van der Waals surface area contributed by atoms with E-state index in [9.17, 15) is 20.2 Å². The molecule has 108 valence electrons. The van der Waals surface area contributed by atoms with E-state index in [4.69, 9.17) is 0 Å². The van der Waals surface area contributed by atoms with Gasteiger partial charge in [-0.15, -0.1) is 0 Å². The molecule has 20 heavy (non-hydrogen) atoms. The Balaban J connectivity index is 2.27. The molecule has 0 radical (unpaired) electrons. The van der Waals surface area contributed by atoms with Crippen LogP contribution in [0.5, 0.6) is 0 Å². The summed E-state index contributed by atoms with van der Waals surface area (Å²) in [6, 6.07) is 0.967. The summed E-state index contributed by atoms with van der Waals surface area (Å²) < 4.78 is 0. The van der Waals surface area contributed by atoms with E-state index in [0.717, 1.165) is 31.9 Å². The first-order valence-corrected chi connectivity index (χ1v) is 6.29. The van der Waals surface area contributed by atoms with E-state index in [1.807, 2.05) is 0 Å². The van der Waals surface area contributed by atoms with Crippen molar-refractivity contribution >= 4 is 17.2 Å². The van der Waals surface area contributed by atoms with Gasteiger partial charge in [-0.05, 0) is 6.54 Å². The van der Waals surface area contributed by atoms with Crippen LogP contribution in [0.25, 0.3) is 0 Å². The quantitative estimate of drug-likeness (QED) is 0.599. The average Bonchev–Trinajstić information content (AvgIpc) is 2.46. The number of likely N-dealkylation sites (N-methyl/N-ethyl adjacent to an activating group) is 1. The first kappa shape index (κ1) is 14.1. The maximum atomic E-state index is 11.1. The van der Waals surface area contributed by atoms with Gasteiger partial charge in [0.2, 0.25) is 5.82 Å². The fourth-order valence-electron chi connectivity index (χ4n) is 2.19. The molecule has 9 nitrogen and oxygen atoms in total. The molecule has 0 atom stereocenters. The lowest BCUT2D eigenvalue weighted by Gasteiger charge is -2.34. The zero-order valence-corrected chi connectivity index (χ0v) is 11.1. The number of nitro groups is 2. The number of aromatic nitrogens is 1. The van der Waals surface area contributed by atoms with Crippen molar-refractivity contribution in [3.05, 3.63) is 32.5 Å². The van der Waals surface area contributed by atoms with Crippen molar-refractivity contribution in [1.82, 2.24) is 9.88 Å². The third kappa shape index (κ3) is 2.82. The maximum Gasteiger partial charge on any atom is 0.318 e. The number of piperazine rings is 1. The Labute approximate surface area is 115 Å². The minimum Gasteiger partial charge on any atom is -0.348 e. The van der Waals surface area contributed by atoms with E-state index in [1.54, 1.807) is 4.90 Å². The third-order valence-corrected chi connectivity index (χ3v) is 3.36. The second-order valence-corrected chi connectivity index (χ2v) is 4.47. The van der Waals surface area contributed by atoms with Gasteiger partial charge in [-0.2, -0.15) is 0 Å². The van der Waals surface area contributed by atoms with E-state index >= 15 is 0 Å². The van der Waals surface area contributed by atoms with Crippen LogP contribution >= 0.6 is 0 Å². The molecule has 0 N–H and O–H groups in total. The summed E-state index contributed by atoms with van der Waals surface area (Å²) in [5.74, 6) is 0.205. The monoisotopic (exact) mass is 281 g/mol. The van der Waals surface area contributed by atoms with Crippen LogP contribution in [0, 0.1) is 20.2 Å². The lowest BCUT2D eigenvalue weighted by Crippen LogP contribution is -2.46. The Morgan fingerprint density at radius 2 is 1.85 bits per heavy atom. The Bertz CT molecular complexity index is 528. The van der Waals surface area contributed by atoms with Crippen molar-refractivity contribution in [2.24, 2.45) is 0 Å². The number of rotatable bonds is 4. The molecule has 2 rings (SSSR count). The van der Waals surface area contributed by atoms with Crippen molar-refractivity contribution < 1.29 is 9.85 Å². The van der Waals surface area contributed by atoms with Crippen LogP contribution in [0.4, 0.5) is 17.2 Å². The lowest BCUT2D eigenvalue weighted by molar-refractivity contribution is -0.394. The van der Waals surface area contributed by atoms with E-state index < -0.39 is 9.85 Å². The van der Waals surface area contributed by atoms with Gasteiger partial charge in [0.25, 0.3) is 5.69 Å². The number of anilines is 1. The molecular weight excluding hydrogens is 266 g/mol. The molecular formula is C11H15N5O4. The molecule has 1 aromatic rings.